The molecule has 10 atom stereocenters. The van der Waals surface area contributed by atoms with Gasteiger partial charge in [-0.1, -0.05) is 109 Å². The highest BCUT2D eigenvalue weighted by atomic mass is 16.7. The van der Waals surface area contributed by atoms with Crippen molar-refractivity contribution in [1.29, 1.82) is 0 Å². The van der Waals surface area contributed by atoms with Gasteiger partial charge in [-0.2, -0.15) is 0 Å². The number of alkyl carbamates (subject to hydrolysis) is 1. The van der Waals surface area contributed by atoms with Crippen LogP contribution in [0.4, 0.5) is 4.79 Å². The number of carboxylic acid groups (broad SMARTS) is 2. The Balaban J connectivity index is 0.00000122. The summed E-state index contributed by atoms with van der Waals surface area (Å²) in [6, 6.07) is 34.2. The molecule has 18 heteroatoms. The van der Waals surface area contributed by atoms with Gasteiger partial charge in [-0.15, -0.1) is 0 Å². The first-order valence-corrected chi connectivity index (χ1v) is 20.7. The summed E-state index contributed by atoms with van der Waals surface area (Å²) in [4.78, 5) is 31.2. The lowest BCUT2D eigenvalue weighted by molar-refractivity contribution is -0.285. The fourth-order valence-electron chi connectivity index (χ4n) is 7.88. The van der Waals surface area contributed by atoms with E-state index in [4.69, 9.17) is 43.5 Å². The Morgan fingerprint density at radius 2 is 1.08 bits per heavy atom. The largest absolute Gasteiger partial charge is 0.483 e. The quantitative estimate of drug-likeness (QED) is 0.0575. The minimum Gasteiger partial charge on any atom is -0.483 e. The van der Waals surface area contributed by atoms with Gasteiger partial charge in [0.15, 0.2) is 12.6 Å². The number of rotatable bonds is 16. The molecule has 0 bridgehead atoms. The summed E-state index contributed by atoms with van der Waals surface area (Å²) in [5.74, 6) is -0.100. The molecular formula is C46H56N2O16. The predicted octanol–water partition coefficient (Wildman–Crippen LogP) is 2.01. The summed E-state index contributed by atoms with van der Waals surface area (Å²) in [7, 11) is 0. The Kier molecular flexibility index (Phi) is 19.6. The van der Waals surface area contributed by atoms with Gasteiger partial charge in [0.05, 0.1) is 25.4 Å². The standard InChI is InChI=1S/C44H52N2O12.2CH2O2/c47-34(38(51)40-36(49)25-54-42(57-40)27-12-3-1-4-13-27)22-46(23-35(48)39(52)41-37(50)26-55-43(58-41)28-14-5-2-6-15-28)21-11-20-45-44(53)56-24-33-31-18-9-7-16-29(31)30-17-8-10-19-32(30)33;2*2-1-3/h1-10,12-19,33-43,47-52H,11,20-26H2,(H,45,53);2*1H,(H,2,3)/t34-,35-,36+,37+,38+,39+,40+,41+,42?,43?;;/m0../s1. The molecule has 2 aliphatic heterocycles. The molecule has 0 saturated carbocycles. The zero-order chi connectivity index (χ0) is 46.0. The van der Waals surface area contributed by atoms with Crippen molar-refractivity contribution in [2.75, 3.05) is 46.0 Å². The third-order valence-corrected chi connectivity index (χ3v) is 10.9. The average molecular weight is 893 g/mol. The highest BCUT2D eigenvalue weighted by molar-refractivity contribution is 5.79. The number of carbonyl (C=O) groups excluding carboxylic acids is 1. The zero-order valence-electron chi connectivity index (χ0n) is 34.8. The second-order valence-corrected chi connectivity index (χ2v) is 15.2. The van der Waals surface area contributed by atoms with Crippen LogP contribution >= 0.6 is 0 Å². The van der Waals surface area contributed by atoms with Crippen LogP contribution in [0.1, 0.15) is 47.2 Å². The molecular weight excluding hydrogens is 837 g/mol. The smallest absolute Gasteiger partial charge is 0.407 e. The number of aliphatic hydroxyl groups is 6. The van der Waals surface area contributed by atoms with Gasteiger partial charge in [-0.3, -0.25) is 14.5 Å². The molecule has 4 aromatic carbocycles. The lowest BCUT2D eigenvalue weighted by atomic mass is 9.98. The number of hydrogen-bond donors (Lipinski definition) is 9. The maximum Gasteiger partial charge on any atom is 0.407 e. The molecule has 0 aromatic heterocycles. The van der Waals surface area contributed by atoms with Gasteiger partial charge in [0, 0.05) is 43.2 Å². The molecule has 7 rings (SSSR count). The minimum absolute atomic E-state index is 0.100. The first-order valence-electron chi connectivity index (χ1n) is 20.7. The second kappa shape index (κ2) is 25.2. The maximum absolute atomic E-state index is 12.9. The first kappa shape index (κ1) is 49.7. The van der Waals surface area contributed by atoms with Gasteiger partial charge in [0.1, 0.15) is 43.2 Å². The van der Waals surface area contributed by atoms with E-state index in [-0.39, 0.29) is 64.9 Å². The zero-order valence-corrected chi connectivity index (χ0v) is 34.8. The van der Waals surface area contributed by atoms with E-state index in [2.05, 4.69) is 17.4 Å². The number of hydrogen-bond acceptors (Lipinski definition) is 15. The molecule has 346 valence electrons. The van der Waals surface area contributed by atoms with E-state index in [1.54, 1.807) is 53.4 Å². The third-order valence-electron chi connectivity index (χ3n) is 10.9. The van der Waals surface area contributed by atoms with Gasteiger partial charge in [0.25, 0.3) is 12.9 Å². The molecule has 0 spiro atoms. The molecule has 1 amide bonds. The first-order chi connectivity index (χ1) is 31.0. The van der Waals surface area contributed by atoms with E-state index in [0.29, 0.717) is 17.5 Å². The van der Waals surface area contributed by atoms with Crippen LogP contribution in [0.3, 0.4) is 0 Å². The fraction of sp³-hybridized carbons (Fsp3) is 0.413. The molecule has 64 heavy (non-hydrogen) atoms. The summed E-state index contributed by atoms with van der Waals surface area (Å²) in [5.41, 5.74) is 5.78. The minimum atomic E-state index is -1.57. The van der Waals surface area contributed by atoms with Gasteiger partial charge in [0.2, 0.25) is 0 Å². The molecule has 3 aliphatic rings. The fourth-order valence-corrected chi connectivity index (χ4v) is 7.88. The number of fused-ring (bicyclic) bond motifs is 3. The molecule has 1 aliphatic carbocycles. The Morgan fingerprint density at radius 1 is 0.672 bits per heavy atom. The second-order valence-electron chi connectivity index (χ2n) is 15.2. The Hall–Kier alpha value is -5.35. The van der Waals surface area contributed by atoms with Crippen molar-refractivity contribution in [3.8, 4) is 11.1 Å². The molecule has 2 heterocycles. The van der Waals surface area contributed by atoms with Crippen molar-refractivity contribution in [3.05, 3.63) is 131 Å². The molecule has 2 saturated heterocycles. The van der Waals surface area contributed by atoms with E-state index >= 15 is 0 Å². The van der Waals surface area contributed by atoms with Gasteiger partial charge in [-0.25, -0.2) is 4.79 Å². The number of nitrogens with one attached hydrogen (secondary N) is 1. The monoisotopic (exact) mass is 892 g/mol. The summed E-state index contributed by atoms with van der Waals surface area (Å²) < 4.78 is 28.8. The summed E-state index contributed by atoms with van der Waals surface area (Å²) in [5, 5.41) is 83.2. The van der Waals surface area contributed by atoms with E-state index in [1.165, 1.54) is 0 Å². The van der Waals surface area contributed by atoms with Crippen LogP contribution < -0.4 is 5.32 Å². The van der Waals surface area contributed by atoms with Crippen LogP contribution in [-0.2, 0) is 33.3 Å². The molecule has 2 unspecified atom stereocenters. The van der Waals surface area contributed by atoms with Gasteiger partial charge >= 0.3 is 6.09 Å². The van der Waals surface area contributed by atoms with Gasteiger partial charge in [-0.05, 0) is 28.7 Å². The molecule has 2 fully saturated rings. The Morgan fingerprint density at radius 3 is 1.52 bits per heavy atom. The van der Waals surface area contributed by atoms with Crippen LogP contribution in [0.5, 0.6) is 0 Å². The number of nitrogens with zero attached hydrogens (tertiary/aromatic N) is 1. The topological polar surface area (TPSA) is 274 Å². The number of ether oxygens (including phenoxy) is 5. The normalized spacial score (nSPS) is 23.3. The number of amides is 1. The number of carbonyl (C=O) groups is 3. The SMILES string of the molecule is O=C(NCCCN(C[C@H](O)[C@@H](O)[C@@H]1OC(c2ccccc2)OC[C@H]1O)C[C@H](O)[C@@H](O)[C@@H]1OC(c2ccccc2)OC[C@H]1O)OCC1c2ccccc2-c2ccccc21.O=CO.O=CO. The van der Waals surface area contributed by atoms with E-state index in [1.807, 2.05) is 48.5 Å². The predicted molar refractivity (Wildman–Crippen MR) is 228 cm³/mol. The Labute approximate surface area is 369 Å². The maximum atomic E-state index is 12.9. The Bertz CT molecular complexity index is 1890. The van der Waals surface area contributed by atoms with E-state index in [9.17, 15) is 35.4 Å². The molecule has 4 aromatic rings. The van der Waals surface area contributed by atoms with Crippen LogP contribution in [0.25, 0.3) is 11.1 Å². The highest BCUT2D eigenvalue weighted by Crippen LogP contribution is 2.44. The van der Waals surface area contributed by atoms with Crippen LogP contribution in [0, 0.1) is 0 Å². The molecule has 18 nitrogen and oxygen atoms in total. The van der Waals surface area contributed by atoms with Crippen molar-refractivity contribution in [2.45, 2.75) is 73.8 Å². The van der Waals surface area contributed by atoms with Crippen molar-refractivity contribution >= 4 is 19.0 Å². The van der Waals surface area contributed by atoms with Crippen molar-refractivity contribution in [2.24, 2.45) is 0 Å². The van der Waals surface area contributed by atoms with Crippen molar-refractivity contribution in [3.63, 3.8) is 0 Å². The molecule has 9 N–H and O–H groups in total. The summed E-state index contributed by atoms with van der Waals surface area (Å²) in [6.07, 6.45) is -13.0. The van der Waals surface area contributed by atoms with Crippen LogP contribution in [0.2, 0.25) is 0 Å². The summed E-state index contributed by atoms with van der Waals surface area (Å²) >= 11 is 0. The lowest BCUT2D eigenvalue weighted by Crippen LogP contribution is -2.56. The van der Waals surface area contributed by atoms with E-state index < -0.39 is 67.5 Å². The average Bonchev–Trinajstić information content (AvgIpc) is 3.63. The summed E-state index contributed by atoms with van der Waals surface area (Å²) in [6.45, 7) is -0.706. The number of benzene rings is 4. The van der Waals surface area contributed by atoms with Crippen molar-refractivity contribution < 1.29 is 78.9 Å². The van der Waals surface area contributed by atoms with E-state index in [0.717, 1.165) is 22.3 Å². The highest BCUT2D eigenvalue weighted by Gasteiger charge is 2.42. The third kappa shape index (κ3) is 13.3. The molecule has 0 radical (unpaired) electrons. The lowest BCUT2D eigenvalue weighted by Gasteiger charge is -2.40. The van der Waals surface area contributed by atoms with Gasteiger partial charge < -0.3 is 69.9 Å². The van der Waals surface area contributed by atoms with Crippen LogP contribution in [-0.4, -0.2) is 160 Å². The van der Waals surface area contributed by atoms with Crippen molar-refractivity contribution in [1.82, 2.24) is 10.2 Å². The van der Waals surface area contributed by atoms with Crippen LogP contribution in [0.15, 0.2) is 109 Å². The number of aliphatic hydroxyl groups excluding tert-OH is 6.